The Morgan fingerprint density at radius 3 is 2.29 bits per heavy atom. The van der Waals surface area contributed by atoms with Crippen molar-refractivity contribution in [3.63, 3.8) is 0 Å². The highest BCUT2D eigenvalue weighted by atomic mass is 19.4. The van der Waals surface area contributed by atoms with E-state index in [1.807, 2.05) is 30.5 Å². The van der Waals surface area contributed by atoms with Crippen molar-refractivity contribution in [1.82, 2.24) is 4.57 Å². The van der Waals surface area contributed by atoms with Gasteiger partial charge in [-0.05, 0) is 60.2 Å². The minimum atomic E-state index is -4.72. The molecular weight excluding hydrogens is 461 g/mol. The van der Waals surface area contributed by atoms with Gasteiger partial charge in [0.1, 0.15) is 5.75 Å². The zero-order chi connectivity index (χ0) is 25.8. The summed E-state index contributed by atoms with van der Waals surface area (Å²) in [6.45, 7) is 4.40. The Kier molecular flexibility index (Phi) is 7.89. The van der Waals surface area contributed by atoms with Crippen LogP contribution in [0.15, 0.2) is 54.7 Å². The van der Waals surface area contributed by atoms with Crippen LogP contribution in [0.5, 0.6) is 5.75 Å². The molecule has 0 bridgehead atoms. The summed E-state index contributed by atoms with van der Waals surface area (Å²) in [6.07, 6.45) is -1.92. The summed E-state index contributed by atoms with van der Waals surface area (Å²) < 4.78 is 42.5. The summed E-state index contributed by atoms with van der Waals surface area (Å²) in [7, 11) is 0. The van der Waals surface area contributed by atoms with Crippen LogP contribution in [-0.2, 0) is 30.4 Å². The number of hydrogen-bond donors (Lipinski definition) is 3. The van der Waals surface area contributed by atoms with E-state index in [0.29, 0.717) is 12.2 Å². The van der Waals surface area contributed by atoms with Gasteiger partial charge in [-0.15, -0.1) is 0 Å². The number of rotatable bonds is 9. The van der Waals surface area contributed by atoms with Crippen LogP contribution >= 0.6 is 0 Å². The molecule has 0 spiro atoms. The van der Waals surface area contributed by atoms with Crippen molar-refractivity contribution in [2.45, 2.75) is 51.7 Å². The quantitative estimate of drug-likeness (QED) is 0.352. The number of carboxylic acid groups (broad SMARTS) is 1. The van der Waals surface area contributed by atoms with Crippen molar-refractivity contribution >= 4 is 17.6 Å². The van der Waals surface area contributed by atoms with Gasteiger partial charge in [-0.25, -0.2) is 0 Å². The summed E-state index contributed by atoms with van der Waals surface area (Å²) in [5, 5.41) is 20.7. The highest BCUT2D eigenvalue weighted by Crippen LogP contribution is 2.36. The number of nitrogens with zero attached hydrogens (tertiary/aromatic N) is 1. The lowest BCUT2D eigenvalue weighted by atomic mass is 10.0. The first-order chi connectivity index (χ1) is 16.5. The fourth-order valence-corrected chi connectivity index (χ4v) is 4.05. The van der Waals surface area contributed by atoms with Gasteiger partial charge in [-0.1, -0.05) is 32.0 Å². The van der Waals surface area contributed by atoms with E-state index in [9.17, 15) is 27.9 Å². The van der Waals surface area contributed by atoms with Crippen LogP contribution < -0.4 is 5.32 Å². The number of benzene rings is 2. The standard InChI is InChI=1S/C26H27F3N2O4/c1-16(2)24-20(11-13-31(24)12-3-4-17-5-8-19(32)9-6-17)25(35)30-22-14-18(15-23(33)34)7-10-21(22)26(27,28)29/h5-11,13-14,16,32H,3-4,12,15H2,1-2H3,(H,30,35)(H,33,34). The highest BCUT2D eigenvalue weighted by Gasteiger charge is 2.34. The molecule has 6 nitrogen and oxygen atoms in total. The van der Waals surface area contributed by atoms with Crippen LogP contribution in [-0.4, -0.2) is 26.7 Å². The van der Waals surface area contributed by atoms with Gasteiger partial charge in [0.2, 0.25) is 0 Å². The molecule has 0 fully saturated rings. The molecular formula is C26H27F3N2O4. The molecule has 0 unspecified atom stereocenters. The van der Waals surface area contributed by atoms with Gasteiger partial charge in [0, 0.05) is 18.4 Å². The number of carbonyl (C=O) groups is 2. The summed E-state index contributed by atoms with van der Waals surface area (Å²) in [5.41, 5.74) is 0.650. The maximum absolute atomic E-state index is 13.5. The molecule has 3 N–H and O–H groups in total. The largest absolute Gasteiger partial charge is 0.508 e. The molecule has 0 saturated heterocycles. The maximum Gasteiger partial charge on any atom is 0.418 e. The number of aromatic nitrogens is 1. The lowest BCUT2D eigenvalue weighted by molar-refractivity contribution is -0.137. The van der Waals surface area contributed by atoms with Crippen molar-refractivity contribution in [1.29, 1.82) is 0 Å². The molecule has 1 aromatic heterocycles. The number of carbonyl (C=O) groups excluding carboxylic acids is 1. The number of hydrogen-bond acceptors (Lipinski definition) is 3. The van der Waals surface area contributed by atoms with Gasteiger partial charge in [0.05, 0.1) is 23.2 Å². The Balaban J connectivity index is 1.82. The van der Waals surface area contributed by atoms with E-state index in [4.69, 9.17) is 5.11 Å². The maximum atomic E-state index is 13.5. The number of carboxylic acids is 1. The average Bonchev–Trinajstić information content (AvgIpc) is 3.18. The van der Waals surface area contributed by atoms with Crippen LogP contribution in [0.1, 0.15) is 58.9 Å². The van der Waals surface area contributed by atoms with Gasteiger partial charge >= 0.3 is 12.1 Å². The van der Waals surface area contributed by atoms with Crippen molar-refractivity contribution in [2.75, 3.05) is 5.32 Å². The Labute approximate surface area is 201 Å². The number of aliphatic carboxylic acids is 1. The van der Waals surface area contributed by atoms with Crippen molar-refractivity contribution in [3.05, 3.63) is 82.7 Å². The number of aromatic hydroxyl groups is 1. The Bertz CT molecular complexity index is 1200. The fourth-order valence-electron chi connectivity index (χ4n) is 4.05. The minimum Gasteiger partial charge on any atom is -0.508 e. The molecule has 0 aliphatic carbocycles. The number of nitrogens with one attached hydrogen (secondary N) is 1. The number of halogens is 3. The van der Waals surface area contributed by atoms with Crippen molar-refractivity contribution < 1.29 is 33.0 Å². The Morgan fingerprint density at radius 2 is 1.69 bits per heavy atom. The second kappa shape index (κ2) is 10.7. The topological polar surface area (TPSA) is 91.6 Å². The van der Waals surface area contributed by atoms with E-state index in [1.54, 1.807) is 24.4 Å². The van der Waals surface area contributed by atoms with Gasteiger partial charge in [-0.3, -0.25) is 9.59 Å². The molecule has 0 radical (unpaired) electrons. The number of amides is 1. The highest BCUT2D eigenvalue weighted by molar-refractivity contribution is 6.05. The Hall–Kier alpha value is -3.75. The average molecular weight is 489 g/mol. The predicted molar refractivity (Wildman–Crippen MR) is 126 cm³/mol. The summed E-state index contributed by atoms with van der Waals surface area (Å²) in [4.78, 5) is 24.1. The van der Waals surface area contributed by atoms with Gasteiger partial charge < -0.3 is 20.1 Å². The summed E-state index contributed by atoms with van der Waals surface area (Å²) >= 11 is 0. The second-order valence-electron chi connectivity index (χ2n) is 8.64. The lowest BCUT2D eigenvalue weighted by Gasteiger charge is -2.17. The molecule has 1 heterocycles. The van der Waals surface area contributed by atoms with E-state index in [1.165, 1.54) is 0 Å². The van der Waals surface area contributed by atoms with Crippen molar-refractivity contribution in [2.24, 2.45) is 0 Å². The smallest absolute Gasteiger partial charge is 0.418 e. The summed E-state index contributed by atoms with van der Waals surface area (Å²) in [5.74, 6) is -1.75. The molecule has 0 aliphatic heterocycles. The monoisotopic (exact) mass is 488 g/mol. The molecule has 1 amide bonds. The van der Waals surface area contributed by atoms with E-state index in [2.05, 4.69) is 5.32 Å². The second-order valence-corrected chi connectivity index (χ2v) is 8.64. The lowest BCUT2D eigenvalue weighted by Crippen LogP contribution is -2.19. The number of phenolic OH excluding ortho intramolecular Hbond substituents is 1. The molecule has 35 heavy (non-hydrogen) atoms. The van der Waals surface area contributed by atoms with Crippen LogP contribution in [0, 0.1) is 0 Å². The fraction of sp³-hybridized carbons (Fsp3) is 0.308. The first-order valence-corrected chi connectivity index (χ1v) is 11.2. The number of aryl methyl sites for hydroxylation is 2. The van der Waals surface area contributed by atoms with E-state index in [0.717, 1.165) is 36.6 Å². The SMILES string of the molecule is CC(C)c1c(C(=O)Nc2cc(CC(=O)O)ccc2C(F)(F)F)ccn1CCCc1ccc(O)cc1. The molecule has 3 rings (SSSR count). The van der Waals surface area contributed by atoms with Crippen LogP contribution in [0.2, 0.25) is 0 Å². The molecule has 2 aromatic carbocycles. The first kappa shape index (κ1) is 25.9. The zero-order valence-corrected chi connectivity index (χ0v) is 19.4. The molecule has 0 saturated carbocycles. The van der Waals surface area contributed by atoms with Gasteiger partial charge in [0.25, 0.3) is 5.91 Å². The van der Waals surface area contributed by atoms with Crippen LogP contribution in [0.3, 0.4) is 0 Å². The third-order valence-corrected chi connectivity index (χ3v) is 5.59. The minimum absolute atomic E-state index is 0.0696. The first-order valence-electron chi connectivity index (χ1n) is 11.2. The number of alkyl halides is 3. The van der Waals surface area contributed by atoms with Crippen LogP contribution in [0.25, 0.3) is 0 Å². The van der Waals surface area contributed by atoms with Crippen LogP contribution in [0.4, 0.5) is 18.9 Å². The third kappa shape index (κ3) is 6.65. The number of phenols is 1. The van der Waals surface area contributed by atoms with Crippen molar-refractivity contribution in [3.8, 4) is 5.75 Å². The van der Waals surface area contributed by atoms with Gasteiger partial charge in [-0.2, -0.15) is 13.2 Å². The summed E-state index contributed by atoms with van der Waals surface area (Å²) in [6, 6.07) is 11.4. The molecule has 9 heteroatoms. The number of anilines is 1. The van der Waals surface area contributed by atoms with E-state index >= 15 is 0 Å². The Morgan fingerprint density at radius 1 is 1.03 bits per heavy atom. The molecule has 3 aromatic rings. The van der Waals surface area contributed by atoms with E-state index < -0.39 is 35.7 Å². The third-order valence-electron chi connectivity index (χ3n) is 5.59. The molecule has 186 valence electrons. The predicted octanol–water partition coefficient (Wildman–Crippen LogP) is 5.85. The normalized spacial score (nSPS) is 11.6. The molecule has 0 atom stereocenters. The molecule has 0 aliphatic rings. The zero-order valence-electron chi connectivity index (χ0n) is 19.4. The van der Waals surface area contributed by atoms with E-state index in [-0.39, 0.29) is 22.8 Å². The van der Waals surface area contributed by atoms with Gasteiger partial charge in [0.15, 0.2) is 0 Å².